The third-order valence-corrected chi connectivity index (χ3v) is 12.6. The summed E-state index contributed by atoms with van der Waals surface area (Å²) < 4.78 is 15.3. The fourth-order valence-corrected chi connectivity index (χ4v) is 9.78. The summed E-state index contributed by atoms with van der Waals surface area (Å²) in [6.45, 7) is 0. The molecular weight excluding hydrogens is 757 g/mol. The van der Waals surface area contributed by atoms with Gasteiger partial charge in [-0.05, 0) is 99.8 Å². The van der Waals surface area contributed by atoms with E-state index in [2.05, 4.69) is 204 Å². The molecule has 0 saturated heterocycles. The number of anilines is 3. The van der Waals surface area contributed by atoms with E-state index >= 15 is 0 Å². The molecule has 4 nitrogen and oxygen atoms in total. The van der Waals surface area contributed by atoms with Crippen molar-refractivity contribution in [3.8, 4) is 50.6 Å². The van der Waals surface area contributed by atoms with Crippen molar-refractivity contribution in [2.75, 3.05) is 4.90 Å². The molecule has 0 saturated carbocycles. The maximum atomic E-state index is 6.48. The monoisotopic (exact) mass is 792 g/mol. The number of nitrogens with zero attached hydrogens (tertiary/aromatic N) is 2. The fraction of sp³-hybridized carbons (Fsp3) is 0. The van der Waals surface area contributed by atoms with Crippen LogP contribution in [0.3, 0.4) is 0 Å². The predicted octanol–water partition coefficient (Wildman–Crippen LogP) is 16.4. The molecular formula is C58H36N2O2. The van der Waals surface area contributed by atoms with E-state index in [1.54, 1.807) is 0 Å². The topological polar surface area (TPSA) is 30.5 Å². The van der Waals surface area contributed by atoms with E-state index in [4.69, 9.17) is 9.15 Å². The van der Waals surface area contributed by atoms with Crippen LogP contribution in [0.5, 0.6) is 11.5 Å². The molecule has 0 unspecified atom stereocenters. The Hall–Kier alpha value is -8.34. The summed E-state index contributed by atoms with van der Waals surface area (Å²) in [4.78, 5) is 2.40. The maximum Gasteiger partial charge on any atom is 0.152 e. The number of aromatic nitrogens is 1. The average molecular weight is 793 g/mol. The van der Waals surface area contributed by atoms with Crippen LogP contribution in [0, 0.1) is 0 Å². The zero-order chi connectivity index (χ0) is 40.7. The Labute approximate surface area is 357 Å². The van der Waals surface area contributed by atoms with Gasteiger partial charge in [-0.15, -0.1) is 0 Å². The van der Waals surface area contributed by atoms with Gasteiger partial charge in [0.1, 0.15) is 11.2 Å². The van der Waals surface area contributed by atoms with Crippen LogP contribution in [-0.4, -0.2) is 4.57 Å². The van der Waals surface area contributed by atoms with E-state index < -0.39 is 0 Å². The normalized spacial score (nSPS) is 12.0. The van der Waals surface area contributed by atoms with E-state index in [1.807, 2.05) is 24.3 Å². The summed E-state index contributed by atoms with van der Waals surface area (Å²) >= 11 is 0. The minimum Gasteiger partial charge on any atom is -0.455 e. The number of ether oxygens (including phenoxy) is 1. The number of furan rings is 1. The van der Waals surface area contributed by atoms with Crippen molar-refractivity contribution in [3.05, 3.63) is 218 Å². The van der Waals surface area contributed by atoms with Crippen molar-refractivity contribution in [2.45, 2.75) is 0 Å². The van der Waals surface area contributed by atoms with Crippen molar-refractivity contribution in [2.24, 2.45) is 0 Å². The summed E-state index contributed by atoms with van der Waals surface area (Å²) in [5.74, 6) is 1.73. The number of fused-ring (bicyclic) bond motifs is 9. The Morgan fingerprint density at radius 1 is 0.387 bits per heavy atom. The second kappa shape index (κ2) is 13.6. The van der Waals surface area contributed by atoms with E-state index in [0.29, 0.717) is 0 Å². The largest absolute Gasteiger partial charge is 0.455 e. The van der Waals surface area contributed by atoms with Crippen LogP contribution in [0.4, 0.5) is 17.1 Å². The molecule has 1 aliphatic heterocycles. The molecule has 2 aromatic heterocycles. The number of benzene rings is 10. The maximum absolute atomic E-state index is 6.48. The first-order chi connectivity index (χ1) is 30.7. The molecule has 0 amide bonds. The number of hydrogen-bond acceptors (Lipinski definition) is 3. The van der Waals surface area contributed by atoms with Gasteiger partial charge in [0.15, 0.2) is 11.5 Å². The lowest BCUT2D eigenvalue weighted by molar-refractivity contribution is 0.476. The third-order valence-electron chi connectivity index (χ3n) is 12.6. The van der Waals surface area contributed by atoms with E-state index in [0.717, 1.165) is 95.0 Å². The number of para-hydroxylation sites is 6. The quantitative estimate of drug-likeness (QED) is 0.168. The second-order valence-electron chi connectivity index (χ2n) is 16.0. The second-order valence-corrected chi connectivity index (χ2v) is 16.0. The Balaban J connectivity index is 0.993. The summed E-state index contributed by atoms with van der Waals surface area (Å²) in [7, 11) is 0. The third kappa shape index (κ3) is 5.27. The van der Waals surface area contributed by atoms with E-state index in [1.165, 1.54) is 27.1 Å². The number of rotatable bonds is 6. The minimum atomic E-state index is 0.862. The number of hydrogen-bond donors (Lipinski definition) is 0. The highest BCUT2D eigenvalue weighted by atomic mass is 16.5. The zero-order valence-electron chi connectivity index (χ0n) is 33.5. The zero-order valence-corrected chi connectivity index (χ0v) is 33.5. The molecule has 0 spiro atoms. The molecule has 0 fully saturated rings. The molecule has 0 radical (unpaired) electrons. The average Bonchev–Trinajstić information content (AvgIpc) is 3.89. The first kappa shape index (κ1) is 34.5. The van der Waals surface area contributed by atoms with Gasteiger partial charge in [0.05, 0.1) is 22.4 Å². The first-order valence-electron chi connectivity index (χ1n) is 21.1. The molecule has 10 aromatic carbocycles. The van der Waals surface area contributed by atoms with Gasteiger partial charge in [0.2, 0.25) is 0 Å². The highest BCUT2D eigenvalue weighted by molar-refractivity contribution is 6.14. The van der Waals surface area contributed by atoms with Crippen molar-refractivity contribution in [1.82, 2.24) is 4.57 Å². The highest BCUT2D eigenvalue weighted by Crippen LogP contribution is 2.48. The van der Waals surface area contributed by atoms with E-state index in [9.17, 15) is 0 Å². The lowest BCUT2D eigenvalue weighted by Crippen LogP contribution is -2.11. The SMILES string of the molecule is c1cc(-c2cccc3ccccc23)cc(N(c2ccc(-c3cccc4c3oc3ccccc34)cc2)c2ccccc2-c2ccc3c(c2)c2cccc4c2n3-c2ccccc2O4)c1. The van der Waals surface area contributed by atoms with Gasteiger partial charge in [-0.1, -0.05) is 152 Å². The lowest BCUT2D eigenvalue weighted by Gasteiger charge is -2.28. The van der Waals surface area contributed by atoms with Crippen molar-refractivity contribution >= 4 is 71.6 Å². The molecule has 3 heterocycles. The molecule has 62 heavy (non-hydrogen) atoms. The smallest absolute Gasteiger partial charge is 0.152 e. The summed E-state index contributed by atoms with van der Waals surface area (Å²) in [5.41, 5.74) is 15.1. The van der Waals surface area contributed by atoms with Gasteiger partial charge in [0, 0.05) is 44.0 Å². The van der Waals surface area contributed by atoms with Gasteiger partial charge < -0.3 is 18.6 Å². The molecule has 13 rings (SSSR count). The molecule has 0 bridgehead atoms. The van der Waals surface area contributed by atoms with Gasteiger partial charge in [-0.2, -0.15) is 0 Å². The van der Waals surface area contributed by atoms with Crippen LogP contribution in [0.15, 0.2) is 223 Å². The van der Waals surface area contributed by atoms with Crippen LogP contribution in [0.25, 0.3) is 93.6 Å². The van der Waals surface area contributed by atoms with Crippen molar-refractivity contribution in [3.63, 3.8) is 0 Å². The Bertz CT molecular complexity index is 3740. The van der Waals surface area contributed by atoms with Crippen LogP contribution >= 0.6 is 0 Å². The predicted molar refractivity (Wildman–Crippen MR) is 257 cm³/mol. The molecule has 12 aromatic rings. The van der Waals surface area contributed by atoms with Crippen molar-refractivity contribution in [1.29, 1.82) is 0 Å². The molecule has 290 valence electrons. The Morgan fingerprint density at radius 3 is 2.00 bits per heavy atom. The van der Waals surface area contributed by atoms with Crippen molar-refractivity contribution < 1.29 is 9.15 Å². The Kier molecular flexibility index (Phi) is 7.57. The Morgan fingerprint density at radius 2 is 1.05 bits per heavy atom. The van der Waals surface area contributed by atoms with E-state index in [-0.39, 0.29) is 0 Å². The lowest BCUT2D eigenvalue weighted by atomic mass is 9.96. The minimum absolute atomic E-state index is 0.862. The van der Waals surface area contributed by atoms with Crippen LogP contribution in [0.1, 0.15) is 0 Å². The molecule has 0 atom stereocenters. The molecule has 1 aliphatic rings. The van der Waals surface area contributed by atoms with Crippen LogP contribution in [0.2, 0.25) is 0 Å². The standard InChI is InChI=1S/C58H36N2O2/c1-2-17-43-37(13-1)14-10-20-44(43)39-15-9-16-42(35-39)59(41-32-29-38(30-33-41)46-21-11-23-49-47-19-4-7-26-54(47)62-58(46)49)51-24-5-3-18-45(51)40-31-34-52-50(36-40)48-22-12-28-56-57(48)60(52)53-25-6-8-27-55(53)61-56/h1-36H. The summed E-state index contributed by atoms with van der Waals surface area (Å²) in [5, 5.41) is 7.06. The van der Waals surface area contributed by atoms with Crippen LogP contribution in [-0.2, 0) is 0 Å². The van der Waals surface area contributed by atoms with Gasteiger partial charge >= 0.3 is 0 Å². The van der Waals surface area contributed by atoms with Crippen LogP contribution < -0.4 is 9.64 Å². The summed E-state index contributed by atoms with van der Waals surface area (Å²) in [6, 6.07) is 78.1. The fourth-order valence-electron chi connectivity index (χ4n) is 9.78. The highest BCUT2D eigenvalue weighted by Gasteiger charge is 2.25. The summed E-state index contributed by atoms with van der Waals surface area (Å²) in [6.07, 6.45) is 0. The first-order valence-corrected chi connectivity index (χ1v) is 21.1. The molecule has 0 N–H and O–H groups in total. The van der Waals surface area contributed by atoms with Gasteiger partial charge in [-0.3, -0.25) is 0 Å². The molecule has 0 aliphatic carbocycles. The van der Waals surface area contributed by atoms with Gasteiger partial charge in [0.25, 0.3) is 0 Å². The molecule has 4 heteroatoms. The van der Waals surface area contributed by atoms with Gasteiger partial charge in [-0.25, -0.2) is 0 Å².